The van der Waals surface area contributed by atoms with E-state index in [1.807, 2.05) is 13.1 Å². The molecule has 1 aromatic rings. The van der Waals surface area contributed by atoms with E-state index in [2.05, 4.69) is 0 Å². The van der Waals surface area contributed by atoms with Gasteiger partial charge in [-0.2, -0.15) is 0 Å². The number of halogens is 3. The van der Waals surface area contributed by atoms with Crippen LogP contribution in [0.25, 0.3) is 0 Å². The molecular weight excluding hydrogens is 233 g/mol. The van der Waals surface area contributed by atoms with E-state index in [0.29, 0.717) is 18.5 Å². The average Bonchev–Trinajstić information content (AvgIpc) is 2.22. The molecule has 0 atom stereocenters. The SMILES string of the molecule is CO[Si](C)(C)CCc1cc(F)c(F)cc1F. The number of aryl methyl sites for hydroxylation is 1. The Bertz CT molecular complexity index is 380. The van der Waals surface area contributed by atoms with Gasteiger partial charge in [-0.3, -0.25) is 0 Å². The van der Waals surface area contributed by atoms with Crippen LogP contribution >= 0.6 is 0 Å². The number of hydrogen-bond donors (Lipinski definition) is 0. The van der Waals surface area contributed by atoms with Crippen LogP contribution in [0.5, 0.6) is 0 Å². The van der Waals surface area contributed by atoms with Gasteiger partial charge >= 0.3 is 0 Å². The largest absolute Gasteiger partial charge is 0.420 e. The second-order valence-corrected chi connectivity index (χ2v) is 8.75. The summed E-state index contributed by atoms with van der Waals surface area (Å²) >= 11 is 0. The number of benzene rings is 1. The molecule has 0 fully saturated rings. The highest BCUT2D eigenvalue weighted by atomic mass is 28.4. The Hall–Kier alpha value is -0.813. The molecule has 0 N–H and O–H groups in total. The minimum Gasteiger partial charge on any atom is -0.420 e. The van der Waals surface area contributed by atoms with Crippen LogP contribution in [0.15, 0.2) is 12.1 Å². The maximum Gasteiger partial charge on any atom is 0.186 e. The summed E-state index contributed by atoms with van der Waals surface area (Å²) in [6.07, 6.45) is 0.371. The monoisotopic (exact) mass is 248 g/mol. The van der Waals surface area contributed by atoms with Gasteiger partial charge in [0.1, 0.15) is 5.82 Å². The molecule has 0 saturated heterocycles. The third kappa shape index (κ3) is 3.35. The van der Waals surface area contributed by atoms with Crippen LogP contribution in [0.3, 0.4) is 0 Å². The van der Waals surface area contributed by atoms with Gasteiger partial charge in [-0.25, -0.2) is 13.2 Å². The molecule has 0 unspecified atom stereocenters. The summed E-state index contributed by atoms with van der Waals surface area (Å²) in [5.41, 5.74) is 0.205. The Morgan fingerprint density at radius 1 is 1.06 bits per heavy atom. The first-order valence-corrected chi connectivity index (χ1v) is 8.16. The van der Waals surface area contributed by atoms with Gasteiger partial charge < -0.3 is 4.43 Å². The Labute approximate surface area is 94.4 Å². The summed E-state index contributed by atoms with van der Waals surface area (Å²) < 4.78 is 44.1. The lowest BCUT2D eigenvalue weighted by Crippen LogP contribution is -2.29. The molecule has 0 heterocycles. The molecule has 90 valence electrons. The van der Waals surface area contributed by atoms with Gasteiger partial charge in [-0.05, 0) is 37.2 Å². The third-order valence-corrected chi connectivity index (χ3v) is 5.20. The van der Waals surface area contributed by atoms with Crippen LogP contribution in [0.4, 0.5) is 13.2 Å². The van der Waals surface area contributed by atoms with Crippen molar-refractivity contribution in [1.29, 1.82) is 0 Å². The van der Waals surface area contributed by atoms with E-state index < -0.39 is 25.8 Å². The van der Waals surface area contributed by atoms with Crippen LogP contribution < -0.4 is 0 Å². The molecule has 1 rings (SSSR count). The zero-order chi connectivity index (χ0) is 12.3. The average molecular weight is 248 g/mol. The van der Waals surface area contributed by atoms with Crippen LogP contribution in [-0.4, -0.2) is 15.4 Å². The fourth-order valence-electron chi connectivity index (χ4n) is 1.29. The lowest BCUT2D eigenvalue weighted by atomic mass is 10.1. The fraction of sp³-hybridized carbons (Fsp3) is 0.455. The molecule has 0 aliphatic carbocycles. The third-order valence-electron chi connectivity index (χ3n) is 2.64. The minimum absolute atomic E-state index is 0.205. The standard InChI is InChI=1S/C11H15F3OSi/c1-15-16(2,3)5-4-8-6-10(13)11(14)7-9(8)12/h6-7H,4-5H2,1-3H3. The predicted molar refractivity (Wildman–Crippen MR) is 59.3 cm³/mol. The molecule has 0 saturated carbocycles. The Morgan fingerprint density at radius 2 is 1.62 bits per heavy atom. The Kier molecular flexibility index (Phi) is 4.15. The molecule has 0 aromatic heterocycles. The highest BCUT2D eigenvalue weighted by Gasteiger charge is 2.21. The maximum atomic E-state index is 13.3. The predicted octanol–water partition coefficient (Wildman–Crippen LogP) is 3.50. The van der Waals surface area contributed by atoms with Gasteiger partial charge in [0.05, 0.1) is 0 Å². The van der Waals surface area contributed by atoms with E-state index in [1.54, 1.807) is 7.11 Å². The van der Waals surface area contributed by atoms with Crippen molar-refractivity contribution in [3.05, 3.63) is 35.1 Å². The smallest absolute Gasteiger partial charge is 0.186 e. The summed E-state index contributed by atoms with van der Waals surface area (Å²) in [4.78, 5) is 0. The van der Waals surface area contributed by atoms with Crippen LogP contribution in [0.1, 0.15) is 5.56 Å². The quantitative estimate of drug-likeness (QED) is 0.585. The summed E-state index contributed by atoms with van der Waals surface area (Å²) in [7, 11) is -0.178. The van der Waals surface area contributed by atoms with E-state index >= 15 is 0 Å². The van der Waals surface area contributed by atoms with Crippen molar-refractivity contribution in [1.82, 2.24) is 0 Å². The topological polar surface area (TPSA) is 9.23 Å². The minimum atomic E-state index is -1.80. The molecule has 0 radical (unpaired) electrons. The first-order valence-electron chi connectivity index (χ1n) is 5.04. The maximum absolute atomic E-state index is 13.3. The van der Waals surface area contributed by atoms with Crippen LogP contribution in [0, 0.1) is 17.5 Å². The van der Waals surface area contributed by atoms with E-state index in [0.717, 1.165) is 6.07 Å². The second kappa shape index (κ2) is 5.01. The van der Waals surface area contributed by atoms with E-state index in [9.17, 15) is 13.2 Å². The molecule has 16 heavy (non-hydrogen) atoms. The molecular formula is C11H15F3OSi. The van der Waals surface area contributed by atoms with E-state index in [1.165, 1.54) is 0 Å². The summed E-state index contributed by atoms with van der Waals surface area (Å²) in [5.74, 6) is -2.85. The van der Waals surface area contributed by atoms with Crippen LogP contribution in [0.2, 0.25) is 19.1 Å². The Morgan fingerprint density at radius 3 is 2.19 bits per heavy atom. The normalized spacial score (nSPS) is 11.9. The van der Waals surface area contributed by atoms with Gasteiger partial charge in [-0.1, -0.05) is 0 Å². The molecule has 0 aliphatic heterocycles. The van der Waals surface area contributed by atoms with Crippen molar-refractivity contribution in [2.45, 2.75) is 25.6 Å². The highest BCUT2D eigenvalue weighted by molar-refractivity contribution is 6.71. The number of rotatable bonds is 4. The summed E-state index contributed by atoms with van der Waals surface area (Å²) in [6, 6.07) is 2.18. The lowest BCUT2D eigenvalue weighted by molar-refractivity contribution is 0.403. The molecule has 0 spiro atoms. The summed E-state index contributed by atoms with van der Waals surface area (Å²) in [6.45, 7) is 3.98. The van der Waals surface area contributed by atoms with Crippen molar-refractivity contribution in [3.8, 4) is 0 Å². The molecule has 0 amide bonds. The molecule has 0 bridgehead atoms. The lowest BCUT2D eigenvalue weighted by Gasteiger charge is -2.19. The van der Waals surface area contributed by atoms with Gasteiger partial charge in [0.25, 0.3) is 0 Å². The van der Waals surface area contributed by atoms with Gasteiger partial charge in [0.2, 0.25) is 0 Å². The zero-order valence-electron chi connectivity index (χ0n) is 9.61. The number of hydrogen-bond acceptors (Lipinski definition) is 1. The van der Waals surface area contributed by atoms with Gasteiger partial charge in [0, 0.05) is 13.2 Å². The fourth-order valence-corrected chi connectivity index (χ4v) is 2.37. The van der Waals surface area contributed by atoms with Gasteiger partial charge in [0.15, 0.2) is 20.0 Å². The second-order valence-electron chi connectivity index (χ2n) is 4.32. The van der Waals surface area contributed by atoms with Crippen LogP contribution in [-0.2, 0) is 10.8 Å². The van der Waals surface area contributed by atoms with E-state index in [-0.39, 0.29) is 5.56 Å². The van der Waals surface area contributed by atoms with Crippen molar-refractivity contribution >= 4 is 8.32 Å². The first kappa shape index (κ1) is 13.3. The molecule has 1 aromatic carbocycles. The first-order chi connectivity index (χ1) is 7.35. The zero-order valence-corrected chi connectivity index (χ0v) is 10.6. The molecule has 1 nitrogen and oxygen atoms in total. The molecule has 0 aliphatic rings. The Balaban J connectivity index is 2.79. The highest BCUT2D eigenvalue weighted by Crippen LogP contribution is 2.19. The van der Waals surface area contributed by atoms with Gasteiger partial charge in [-0.15, -0.1) is 0 Å². The summed E-state index contributed by atoms with van der Waals surface area (Å²) in [5, 5.41) is 0. The molecule has 5 heteroatoms. The van der Waals surface area contributed by atoms with Crippen molar-refractivity contribution in [2.75, 3.05) is 7.11 Å². The van der Waals surface area contributed by atoms with Crippen molar-refractivity contribution in [3.63, 3.8) is 0 Å². The van der Waals surface area contributed by atoms with Crippen molar-refractivity contribution < 1.29 is 17.6 Å². The van der Waals surface area contributed by atoms with E-state index in [4.69, 9.17) is 4.43 Å². The van der Waals surface area contributed by atoms with Crippen molar-refractivity contribution in [2.24, 2.45) is 0 Å².